The zero-order valence-electron chi connectivity index (χ0n) is 16.3. The second-order valence-corrected chi connectivity index (χ2v) is 6.61. The fourth-order valence-corrected chi connectivity index (χ4v) is 3.01. The molecule has 0 aliphatic rings. The lowest BCUT2D eigenvalue weighted by Crippen LogP contribution is -2.23. The topological polar surface area (TPSA) is 113 Å². The van der Waals surface area contributed by atoms with Crippen LogP contribution in [0.2, 0.25) is 0 Å². The van der Waals surface area contributed by atoms with Crippen molar-refractivity contribution in [3.05, 3.63) is 90.1 Å². The van der Waals surface area contributed by atoms with E-state index in [0.29, 0.717) is 22.3 Å². The molecule has 0 bridgehead atoms. The lowest BCUT2D eigenvalue weighted by atomic mass is 10.1. The number of aromatic nitrogens is 2. The summed E-state index contributed by atoms with van der Waals surface area (Å²) in [6.07, 6.45) is 0. The van der Waals surface area contributed by atoms with E-state index in [4.69, 9.17) is 4.74 Å². The highest BCUT2D eigenvalue weighted by Gasteiger charge is 2.18. The Kier molecular flexibility index (Phi) is 5.70. The van der Waals surface area contributed by atoms with Gasteiger partial charge < -0.3 is 15.4 Å². The summed E-state index contributed by atoms with van der Waals surface area (Å²) in [6, 6.07) is 22.7. The van der Waals surface area contributed by atoms with Gasteiger partial charge >= 0.3 is 5.97 Å². The minimum Gasteiger partial charge on any atom is -0.451 e. The molecule has 3 N–H and O–H groups in total. The van der Waals surface area contributed by atoms with Crippen molar-refractivity contribution in [2.45, 2.75) is 0 Å². The van der Waals surface area contributed by atoms with E-state index >= 15 is 0 Å². The molecule has 0 spiro atoms. The molecule has 0 aliphatic carbocycles. The molecule has 8 heteroatoms. The summed E-state index contributed by atoms with van der Waals surface area (Å²) < 4.78 is 5.09. The summed E-state index contributed by atoms with van der Waals surface area (Å²) >= 11 is 0. The van der Waals surface area contributed by atoms with Gasteiger partial charge in [0, 0.05) is 11.1 Å². The monoisotopic (exact) mass is 414 g/mol. The van der Waals surface area contributed by atoms with Gasteiger partial charge in [0.1, 0.15) is 0 Å². The summed E-state index contributed by atoms with van der Waals surface area (Å²) in [5.41, 5.74) is 2.02. The van der Waals surface area contributed by atoms with Crippen LogP contribution < -0.4 is 10.6 Å². The Balaban J connectivity index is 1.40. The minimum atomic E-state index is -0.720. The SMILES string of the molecule is O=C(COC(=O)c1n[nH]c2ccccc12)Nc1ccccc1C(=O)Nc1ccccc1. The third kappa shape index (κ3) is 4.59. The third-order valence-electron chi connectivity index (χ3n) is 4.48. The van der Waals surface area contributed by atoms with Gasteiger partial charge in [0.2, 0.25) is 0 Å². The van der Waals surface area contributed by atoms with Gasteiger partial charge in [0.25, 0.3) is 11.8 Å². The maximum absolute atomic E-state index is 12.6. The first-order valence-corrected chi connectivity index (χ1v) is 9.47. The largest absolute Gasteiger partial charge is 0.451 e. The van der Waals surface area contributed by atoms with E-state index in [2.05, 4.69) is 20.8 Å². The van der Waals surface area contributed by atoms with Gasteiger partial charge in [-0.15, -0.1) is 0 Å². The highest BCUT2D eigenvalue weighted by Crippen LogP contribution is 2.18. The fourth-order valence-electron chi connectivity index (χ4n) is 3.01. The molecule has 0 unspecified atom stereocenters. The van der Waals surface area contributed by atoms with E-state index < -0.39 is 18.5 Å². The van der Waals surface area contributed by atoms with Crippen LogP contribution in [0, 0.1) is 0 Å². The lowest BCUT2D eigenvalue weighted by molar-refractivity contribution is -0.119. The van der Waals surface area contributed by atoms with Crippen LogP contribution in [0.15, 0.2) is 78.9 Å². The van der Waals surface area contributed by atoms with Crippen LogP contribution in [-0.4, -0.2) is 34.6 Å². The lowest BCUT2D eigenvalue weighted by Gasteiger charge is -2.11. The summed E-state index contributed by atoms with van der Waals surface area (Å²) in [4.78, 5) is 37.2. The number of hydrogen-bond acceptors (Lipinski definition) is 5. The van der Waals surface area contributed by atoms with Crippen LogP contribution >= 0.6 is 0 Å². The molecule has 154 valence electrons. The van der Waals surface area contributed by atoms with E-state index in [1.165, 1.54) is 0 Å². The molecule has 0 atom stereocenters. The number of anilines is 2. The molecule has 4 rings (SSSR count). The Morgan fingerprint density at radius 1 is 0.839 bits per heavy atom. The summed E-state index contributed by atoms with van der Waals surface area (Å²) in [7, 11) is 0. The maximum Gasteiger partial charge on any atom is 0.359 e. The zero-order valence-corrected chi connectivity index (χ0v) is 16.3. The number of aromatic amines is 1. The molecule has 0 saturated carbocycles. The average Bonchev–Trinajstić information content (AvgIpc) is 3.23. The standard InChI is InChI=1S/C23H18N4O4/c28-20(14-31-23(30)21-16-10-4-7-13-19(16)26-27-21)25-18-12-6-5-11-17(18)22(29)24-15-8-2-1-3-9-15/h1-13H,14H2,(H,24,29)(H,25,28)(H,26,27). The van der Waals surface area contributed by atoms with E-state index in [0.717, 1.165) is 0 Å². The van der Waals surface area contributed by atoms with Crippen LogP contribution in [0.4, 0.5) is 11.4 Å². The number of para-hydroxylation sites is 3. The van der Waals surface area contributed by atoms with Crippen LogP contribution in [-0.2, 0) is 9.53 Å². The second-order valence-electron chi connectivity index (χ2n) is 6.61. The minimum absolute atomic E-state index is 0.103. The van der Waals surface area contributed by atoms with Crippen molar-refractivity contribution in [2.75, 3.05) is 17.2 Å². The highest BCUT2D eigenvalue weighted by molar-refractivity contribution is 6.10. The molecule has 31 heavy (non-hydrogen) atoms. The normalized spacial score (nSPS) is 10.5. The highest BCUT2D eigenvalue weighted by atomic mass is 16.5. The molecule has 8 nitrogen and oxygen atoms in total. The second kappa shape index (κ2) is 8.91. The number of benzene rings is 3. The third-order valence-corrected chi connectivity index (χ3v) is 4.48. The average molecular weight is 414 g/mol. The predicted octanol–water partition coefficient (Wildman–Crippen LogP) is 3.61. The number of ether oxygens (including phenoxy) is 1. The first-order chi connectivity index (χ1) is 15.1. The van der Waals surface area contributed by atoms with Crippen molar-refractivity contribution >= 4 is 40.1 Å². The Morgan fingerprint density at radius 2 is 1.55 bits per heavy atom. The molecule has 1 heterocycles. The number of carbonyl (C=O) groups excluding carboxylic acids is 3. The fraction of sp³-hybridized carbons (Fsp3) is 0.0435. The van der Waals surface area contributed by atoms with Crippen molar-refractivity contribution < 1.29 is 19.1 Å². The number of fused-ring (bicyclic) bond motifs is 1. The van der Waals surface area contributed by atoms with Crippen molar-refractivity contribution in [3.63, 3.8) is 0 Å². The molecular formula is C23H18N4O4. The van der Waals surface area contributed by atoms with Gasteiger partial charge in [0.05, 0.1) is 16.8 Å². The molecule has 1 aromatic heterocycles. The van der Waals surface area contributed by atoms with Gasteiger partial charge in [0.15, 0.2) is 12.3 Å². The summed E-state index contributed by atoms with van der Waals surface area (Å²) in [5, 5.41) is 12.7. The Labute approximate surface area is 177 Å². The van der Waals surface area contributed by atoms with Crippen molar-refractivity contribution in [1.82, 2.24) is 10.2 Å². The molecular weight excluding hydrogens is 396 g/mol. The molecule has 3 aromatic carbocycles. The van der Waals surface area contributed by atoms with Gasteiger partial charge in [-0.2, -0.15) is 5.10 Å². The number of carbonyl (C=O) groups is 3. The summed E-state index contributed by atoms with van der Waals surface area (Å²) in [6.45, 7) is -0.519. The Bertz CT molecular complexity index is 1250. The first-order valence-electron chi connectivity index (χ1n) is 9.47. The molecule has 0 radical (unpaired) electrons. The number of nitrogens with zero attached hydrogens (tertiary/aromatic N) is 1. The molecule has 4 aromatic rings. The number of amides is 2. The quantitative estimate of drug-likeness (QED) is 0.417. The maximum atomic E-state index is 12.6. The van der Waals surface area contributed by atoms with Gasteiger partial charge in [-0.3, -0.25) is 14.7 Å². The van der Waals surface area contributed by atoms with Gasteiger partial charge in [-0.05, 0) is 30.3 Å². The number of esters is 1. The molecule has 2 amide bonds. The van der Waals surface area contributed by atoms with E-state index in [1.807, 2.05) is 12.1 Å². The number of hydrogen-bond donors (Lipinski definition) is 3. The van der Waals surface area contributed by atoms with E-state index in [9.17, 15) is 14.4 Å². The van der Waals surface area contributed by atoms with Crippen molar-refractivity contribution in [1.29, 1.82) is 0 Å². The Hall–Kier alpha value is -4.46. The number of H-pyrrole nitrogens is 1. The van der Waals surface area contributed by atoms with Crippen molar-refractivity contribution in [2.24, 2.45) is 0 Å². The predicted molar refractivity (Wildman–Crippen MR) is 116 cm³/mol. The zero-order chi connectivity index (χ0) is 21.6. The molecule has 0 fully saturated rings. The number of nitrogens with one attached hydrogen (secondary N) is 3. The smallest absolute Gasteiger partial charge is 0.359 e. The van der Waals surface area contributed by atoms with E-state index in [1.54, 1.807) is 66.7 Å². The van der Waals surface area contributed by atoms with Crippen molar-refractivity contribution in [3.8, 4) is 0 Å². The Morgan fingerprint density at radius 3 is 2.39 bits per heavy atom. The van der Waals surface area contributed by atoms with Gasteiger partial charge in [-0.25, -0.2) is 4.79 Å². The summed E-state index contributed by atoms with van der Waals surface area (Å²) in [5.74, 6) is -1.67. The molecule has 0 aliphatic heterocycles. The van der Waals surface area contributed by atoms with Crippen LogP contribution in [0.5, 0.6) is 0 Å². The number of rotatable bonds is 6. The molecule has 0 saturated heterocycles. The van der Waals surface area contributed by atoms with Gasteiger partial charge in [-0.1, -0.05) is 48.5 Å². The van der Waals surface area contributed by atoms with Crippen LogP contribution in [0.3, 0.4) is 0 Å². The van der Waals surface area contributed by atoms with Crippen LogP contribution in [0.1, 0.15) is 20.8 Å². The van der Waals surface area contributed by atoms with Crippen LogP contribution in [0.25, 0.3) is 10.9 Å². The van der Waals surface area contributed by atoms with E-state index in [-0.39, 0.29) is 17.2 Å². The first kappa shape index (κ1) is 19.8.